The van der Waals surface area contributed by atoms with Crippen LogP contribution in [0.5, 0.6) is 0 Å². The normalized spacial score (nSPS) is 38.8. The minimum Gasteiger partial charge on any atom is -0.299 e. The summed E-state index contributed by atoms with van der Waals surface area (Å²) in [6.07, 6.45) is 8.13. The van der Waals surface area contributed by atoms with E-state index < -0.39 is 0 Å². The van der Waals surface area contributed by atoms with Gasteiger partial charge in [-0.1, -0.05) is 12.8 Å². The Morgan fingerprint density at radius 1 is 0.917 bits per heavy atom. The SMILES string of the molecule is Cl[C@@H]1CCC[C@H]1N1CCCCC1. The van der Waals surface area contributed by atoms with E-state index in [4.69, 9.17) is 11.6 Å². The quantitative estimate of drug-likeness (QED) is 0.571. The van der Waals surface area contributed by atoms with Crippen molar-refractivity contribution in [1.82, 2.24) is 4.90 Å². The summed E-state index contributed by atoms with van der Waals surface area (Å²) in [5.41, 5.74) is 0. The standard InChI is InChI=1S/C10H18ClN/c11-9-5-4-6-10(9)12-7-2-1-3-8-12/h9-10H,1-8H2/t9-,10-/m1/s1. The van der Waals surface area contributed by atoms with Crippen LogP contribution in [-0.2, 0) is 0 Å². The second-order valence-corrected chi connectivity index (χ2v) is 4.67. The first-order valence-corrected chi connectivity index (χ1v) is 5.70. The van der Waals surface area contributed by atoms with Crippen molar-refractivity contribution in [3.05, 3.63) is 0 Å². The van der Waals surface area contributed by atoms with E-state index in [-0.39, 0.29) is 0 Å². The first-order chi connectivity index (χ1) is 5.88. The Hall–Kier alpha value is 0.250. The van der Waals surface area contributed by atoms with E-state index in [0.717, 1.165) is 0 Å². The minimum atomic E-state index is 0.447. The Morgan fingerprint density at radius 2 is 1.67 bits per heavy atom. The van der Waals surface area contributed by atoms with Crippen LogP contribution in [0.1, 0.15) is 38.5 Å². The van der Waals surface area contributed by atoms with Crippen molar-refractivity contribution in [1.29, 1.82) is 0 Å². The van der Waals surface area contributed by atoms with Gasteiger partial charge in [-0.25, -0.2) is 0 Å². The van der Waals surface area contributed by atoms with Crippen molar-refractivity contribution in [3.8, 4) is 0 Å². The molecule has 1 heterocycles. The smallest absolute Gasteiger partial charge is 0.0491 e. The van der Waals surface area contributed by atoms with Crippen molar-refractivity contribution in [2.24, 2.45) is 0 Å². The Labute approximate surface area is 80.1 Å². The number of alkyl halides is 1. The second kappa shape index (κ2) is 3.97. The highest BCUT2D eigenvalue weighted by atomic mass is 35.5. The number of halogens is 1. The molecule has 0 aromatic carbocycles. The summed E-state index contributed by atoms with van der Waals surface area (Å²) in [5, 5.41) is 0.447. The van der Waals surface area contributed by atoms with Crippen LogP contribution in [0.3, 0.4) is 0 Å². The minimum absolute atomic E-state index is 0.447. The maximum absolute atomic E-state index is 6.27. The lowest BCUT2D eigenvalue weighted by Crippen LogP contribution is -2.41. The number of likely N-dealkylation sites (tertiary alicyclic amines) is 1. The molecule has 70 valence electrons. The van der Waals surface area contributed by atoms with Crippen molar-refractivity contribution in [3.63, 3.8) is 0 Å². The maximum Gasteiger partial charge on any atom is 0.0491 e. The molecule has 0 bridgehead atoms. The largest absolute Gasteiger partial charge is 0.299 e. The van der Waals surface area contributed by atoms with E-state index in [1.54, 1.807) is 0 Å². The molecule has 2 aliphatic rings. The highest BCUT2D eigenvalue weighted by molar-refractivity contribution is 6.21. The summed E-state index contributed by atoms with van der Waals surface area (Å²) in [6.45, 7) is 2.60. The molecule has 0 amide bonds. The summed E-state index contributed by atoms with van der Waals surface area (Å²) >= 11 is 6.27. The molecule has 0 radical (unpaired) electrons. The molecule has 2 atom stereocenters. The van der Waals surface area contributed by atoms with Gasteiger partial charge in [0.15, 0.2) is 0 Å². The Bertz CT molecular complexity index is 143. The predicted octanol–water partition coefficient (Wildman–Crippen LogP) is 2.63. The van der Waals surface area contributed by atoms with Gasteiger partial charge in [0.05, 0.1) is 0 Å². The van der Waals surface area contributed by atoms with E-state index in [0.29, 0.717) is 11.4 Å². The van der Waals surface area contributed by atoms with E-state index in [2.05, 4.69) is 4.90 Å². The van der Waals surface area contributed by atoms with Gasteiger partial charge in [0.2, 0.25) is 0 Å². The van der Waals surface area contributed by atoms with Crippen molar-refractivity contribution in [2.45, 2.75) is 49.9 Å². The molecule has 12 heavy (non-hydrogen) atoms. The molecule has 0 unspecified atom stereocenters. The third kappa shape index (κ3) is 1.77. The average Bonchev–Trinajstić information content (AvgIpc) is 2.53. The maximum atomic E-state index is 6.27. The third-order valence-corrected chi connectivity index (χ3v) is 3.77. The molecule has 1 aliphatic heterocycles. The van der Waals surface area contributed by atoms with Gasteiger partial charge in [-0.3, -0.25) is 4.90 Å². The fraction of sp³-hybridized carbons (Fsp3) is 1.00. The van der Waals surface area contributed by atoms with Crippen LogP contribution in [0.25, 0.3) is 0 Å². The summed E-state index contributed by atoms with van der Waals surface area (Å²) in [4.78, 5) is 2.62. The molecule has 1 nitrogen and oxygen atoms in total. The topological polar surface area (TPSA) is 3.24 Å². The lowest BCUT2D eigenvalue weighted by Gasteiger charge is -2.33. The lowest BCUT2D eigenvalue weighted by molar-refractivity contribution is 0.167. The highest BCUT2D eigenvalue weighted by Gasteiger charge is 2.30. The molecular formula is C10H18ClN. The number of rotatable bonds is 1. The zero-order valence-electron chi connectivity index (χ0n) is 7.64. The summed E-state index contributed by atoms with van der Waals surface area (Å²) in [5.74, 6) is 0. The van der Waals surface area contributed by atoms with Crippen molar-refractivity contribution >= 4 is 11.6 Å². The first kappa shape index (κ1) is 8.83. The number of hydrogen-bond donors (Lipinski definition) is 0. The summed E-state index contributed by atoms with van der Waals surface area (Å²) in [6, 6.07) is 0.715. The lowest BCUT2D eigenvalue weighted by atomic mass is 10.1. The molecule has 1 aliphatic carbocycles. The van der Waals surface area contributed by atoms with Gasteiger partial charge < -0.3 is 0 Å². The number of piperidine rings is 1. The molecule has 0 spiro atoms. The van der Waals surface area contributed by atoms with Crippen LogP contribution in [0.15, 0.2) is 0 Å². The van der Waals surface area contributed by atoms with Gasteiger partial charge >= 0.3 is 0 Å². The molecule has 2 rings (SSSR count). The van der Waals surface area contributed by atoms with E-state index >= 15 is 0 Å². The van der Waals surface area contributed by atoms with Crippen LogP contribution >= 0.6 is 11.6 Å². The van der Waals surface area contributed by atoms with Gasteiger partial charge in [0.25, 0.3) is 0 Å². The Kier molecular flexibility index (Phi) is 2.92. The summed E-state index contributed by atoms with van der Waals surface area (Å²) < 4.78 is 0. The Morgan fingerprint density at radius 3 is 2.25 bits per heavy atom. The van der Waals surface area contributed by atoms with Gasteiger partial charge in [-0.2, -0.15) is 0 Å². The summed E-state index contributed by atoms with van der Waals surface area (Å²) in [7, 11) is 0. The van der Waals surface area contributed by atoms with E-state index in [1.165, 1.54) is 51.6 Å². The average molecular weight is 188 g/mol. The Balaban J connectivity index is 1.89. The molecule has 2 heteroatoms. The molecule has 1 saturated heterocycles. The van der Waals surface area contributed by atoms with Gasteiger partial charge in [0, 0.05) is 11.4 Å². The number of nitrogens with zero attached hydrogens (tertiary/aromatic N) is 1. The zero-order chi connectivity index (χ0) is 8.39. The van der Waals surface area contributed by atoms with Crippen LogP contribution in [-0.4, -0.2) is 29.4 Å². The van der Waals surface area contributed by atoms with Crippen LogP contribution in [0, 0.1) is 0 Å². The second-order valence-electron chi connectivity index (χ2n) is 4.11. The van der Waals surface area contributed by atoms with E-state index in [1.807, 2.05) is 0 Å². The van der Waals surface area contributed by atoms with Crippen molar-refractivity contribution < 1.29 is 0 Å². The van der Waals surface area contributed by atoms with Gasteiger partial charge in [-0.05, 0) is 38.8 Å². The molecule has 0 aromatic rings. The molecule has 0 N–H and O–H groups in total. The third-order valence-electron chi connectivity index (χ3n) is 3.26. The van der Waals surface area contributed by atoms with Crippen LogP contribution in [0.4, 0.5) is 0 Å². The van der Waals surface area contributed by atoms with Crippen LogP contribution < -0.4 is 0 Å². The van der Waals surface area contributed by atoms with Crippen molar-refractivity contribution in [2.75, 3.05) is 13.1 Å². The molecule has 1 saturated carbocycles. The van der Waals surface area contributed by atoms with Crippen LogP contribution in [0.2, 0.25) is 0 Å². The zero-order valence-corrected chi connectivity index (χ0v) is 8.39. The highest BCUT2D eigenvalue weighted by Crippen LogP contribution is 2.30. The first-order valence-electron chi connectivity index (χ1n) is 5.26. The van der Waals surface area contributed by atoms with Gasteiger partial charge in [-0.15, -0.1) is 11.6 Å². The molecular weight excluding hydrogens is 170 g/mol. The number of hydrogen-bond acceptors (Lipinski definition) is 1. The monoisotopic (exact) mass is 187 g/mol. The fourth-order valence-corrected chi connectivity index (χ4v) is 3.00. The molecule has 0 aromatic heterocycles. The van der Waals surface area contributed by atoms with Gasteiger partial charge in [0.1, 0.15) is 0 Å². The fourth-order valence-electron chi connectivity index (χ4n) is 2.56. The van der Waals surface area contributed by atoms with E-state index in [9.17, 15) is 0 Å². The molecule has 2 fully saturated rings. The predicted molar refractivity (Wildman–Crippen MR) is 52.7 cm³/mol.